The first-order valence-electron chi connectivity index (χ1n) is 8.89. The monoisotopic (exact) mass is 398 g/mol. The zero-order valence-corrected chi connectivity index (χ0v) is 16.2. The molecule has 0 spiro atoms. The fourth-order valence-electron chi connectivity index (χ4n) is 3.14. The Hall–Kier alpha value is -2.28. The van der Waals surface area contributed by atoms with Crippen molar-refractivity contribution in [3.8, 4) is 0 Å². The molecular formula is C20H19ClN4OS. The van der Waals surface area contributed by atoms with Gasteiger partial charge in [-0.3, -0.25) is 10.1 Å². The van der Waals surface area contributed by atoms with Gasteiger partial charge in [0.2, 0.25) is 5.13 Å². The highest BCUT2D eigenvalue weighted by Crippen LogP contribution is 2.22. The second-order valence-electron chi connectivity index (χ2n) is 6.46. The number of aryl methyl sites for hydroxylation is 2. The van der Waals surface area contributed by atoms with Crippen molar-refractivity contribution in [2.75, 3.05) is 11.9 Å². The van der Waals surface area contributed by atoms with Gasteiger partial charge in [0, 0.05) is 23.6 Å². The van der Waals surface area contributed by atoms with Crippen molar-refractivity contribution in [2.24, 2.45) is 0 Å². The van der Waals surface area contributed by atoms with Crippen LogP contribution in [0.2, 0.25) is 5.02 Å². The van der Waals surface area contributed by atoms with Crippen LogP contribution in [0.4, 0.5) is 5.13 Å². The summed E-state index contributed by atoms with van der Waals surface area (Å²) in [5, 5.41) is 16.6. The Balaban J connectivity index is 1.39. The summed E-state index contributed by atoms with van der Waals surface area (Å²) in [7, 11) is 0. The molecule has 2 N–H and O–H groups in total. The van der Waals surface area contributed by atoms with Crippen LogP contribution in [-0.4, -0.2) is 22.6 Å². The number of nitrogens with one attached hydrogen (secondary N) is 2. The predicted octanol–water partition coefficient (Wildman–Crippen LogP) is 3.87. The third-order valence-corrected chi connectivity index (χ3v) is 5.88. The number of rotatable bonds is 5. The minimum atomic E-state index is -0.148. The molecule has 1 aliphatic heterocycles. The van der Waals surface area contributed by atoms with Gasteiger partial charge < -0.3 is 5.32 Å². The van der Waals surface area contributed by atoms with Gasteiger partial charge in [-0.1, -0.05) is 47.2 Å². The Morgan fingerprint density at radius 1 is 1.15 bits per heavy atom. The van der Waals surface area contributed by atoms with Crippen LogP contribution >= 0.6 is 22.9 Å². The summed E-state index contributed by atoms with van der Waals surface area (Å²) in [4.78, 5) is 12.5. The Labute approximate surface area is 166 Å². The third kappa shape index (κ3) is 4.35. The van der Waals surface area contributed by atoms with Gasteiger partial charge in [0.15, 0.2) is 0 Å². The highest BCUT2D eigenvalue weighted by molar-refractivity contribution is 7.15. The number of carbonyl (C=O) groups is 1. The van der Waals surface area contributed by atoms with E-state index in [4.69, 9.17) is 11.6 Å². The summed E-state index contributed by atoms with van der Waals surface area (Å²) in [6.45, 7) is 1.81. The maximum absolute atomic E-state index is 12.5. The van der Waals surface area contributed by atoms with Gasteiger partial charge >= 0.3 is 0 Å². The molecule has 0 saturated carbocycles. The second-order valence-corrected chi connectivity index (χ2v) is 7.93. The van der Waals surface area contributed by atoms with Gasteiger partial charge in [-0.15, -0.1) is 10.2 Å². The molecule has 4 rings (SSSR count). The summed E-state index contributed by atoms with van der Waals surface area (Å²) >= 11 is 7.59. The number of halogens is 1. The lowest BCUT2D eigenvalue weighted by atomic mass is 9.98. The van der Waals surface area contributed by atoms with Gasteiger partial charge in [0.25, 0.3) is 5.91 Å². The van der Waals surface area contributed by atoms with E-state index in [-0.39, 0.29) is 5.91 Å². The average Bonchev–Trinajstić information content (AvgIpc) is 3.14. The van der Waals surface area contributed by atoms with E-state index in [2.05, 4.69) is 20.8 Å². The lowest BCUT2D eigenvalue weighted by Gasteiger charge is -2.17. The molecule has 0 radical (unpaired) electrons. The molecule has 5 nitrogen and oxygen atoms in total. The topological polar surface area (TPSA) is 66.9 Å². The van der Waals surface area contributed by atoms with Gasteiger partial charge in [-0.25, -0.2) is 0 Å². The lowest BCUT2D eigenvalue weighted by Crippen LogP contribution is -2.24. The molecule has 1 amide bonds. The summed E-state index contributed by atoms with van der Waals surface area (Å²) in [6, 6.07) is 13.6. The number of aromatic nitrogens is 2. The van der Waals surface area contributed by atoms with Gasteiger partial charge in [0.05, 0.1) is 0 Å². The van der Waals surface area contributed by atoms with Crippen molar-refractivity contribution in [3.63, 3.8) is 0 Å². The molecule has 0 atom stereocenters. The summed E-state index contributed by atoms with van der Waals surface area (Å²) in [6.07, 6.45) is 2.48. The standard InChI is InChI=1S/C20H19ClN4OS/c21-17-4-2-1-3-13(17)7-8-18-24-25-20(27-18)23-19(26)15-5-6-16-12-22-10-9-14(16)11-15/h1-6,11,22H,7-10,12H2,(H,23,25,26). The summed E-state index contributed by atoms with van der Waals surface area (Å²) < 4.78 is 0. The highest BCUT2D eigenvalue weighted by atomic mass is 35.5. The minimum Gasteiger partial charge on any atom is -0.312 e. The molecule has 138 valence electrons. The van der Waals surface area contributed by atoms with Crippen LogP contribution in [0.1, 0.15) is 32.1 Å². The number of nitrogens with zero attached hydrogens (tertiary/aromatic N) is 2. The lowest BCUT2D eigenvalue weighted by molar-refractivity contribution is 0.102. The smallest absolute Gasteiger partial charge is 0.257 e. The third-order valence-electron chi connectivity index (χ3n) is 4.61. The van der Waals surface area contributed by atoms with Gasteiger partial charge in [-0.2, -0.15) is 0 Å². The molecule has 1 aliphatic rings. The fourth-order valence-corrected chi connectivity index (χ4v) is 4.10. The second kappa shape index (κ2) is 8.17. The maximum atomic E-state index is 12.5. The van der Waals surface area contributed by atoms with Crippen LogP contribution in [0.25, 0.3) is 0 Å². The molecule has 0 unspecified atom stereocenters. The molecule has 0 bridgehead atoms. The van der Waals surface area contributed by atoms with E-state index in [9.17, 15) is 4.79 Å². The fraction of sp³-hybridized carbons (Fsp3) is 0.250. The molecule has 7 heteroatoms. The van der Waals surface area contributed by atoms with E-state index in [0.29, 0.717) is 10.7 Å². The van der Waals surface area contributed by atoms with Crippen LogP contribution in [0.15, 0.2) is 42.5 Å². The number of hydrogen-bond donors (Lipinski definition) is 2. The van der Waals surface area contributed by atoms with Crippen molar-refractivity contribution < 1.29 is 4.79 Å². The number of amides is 1. The molecule has 2 aromatic carbocycles. The quantitative estimate of drug-likeness (QED) is 0.684. The molecule has 0 aliphatic carbocycles. The van der Waals surface area contributed by atoms with Crippen LogP contribution in [-0.2, 0) is 25.8 Å². The van der Waals surface area contributed by atoms with Crippen LogP contribution in [0.3, 0.4) is 0 Å². The van der Waals surface area contributed by atoms with Crippen LogP contribution in [0.5, 0.6) is 0 Å². The maximum Gasteiger partial charge on any atom is 0.257 e. The molecule has 0 fully saturated rings. The van der Waals surface area contributed by atoms with Crippen molar-refractivity contribution in [1.29, 1.82) is 0 Å². The van der Waals surface area contributed by atoms with Gasteiger partial charge in [-0.05, 0) is 54.3 Å². The molecule has 27 heavy (non-hydrogen) atoms. The number of anilines is 1. The Kier molecular flexibility index (Phi) is 5.48. The van der Waals surface area contributed by atoms with Crippen LogP contribution in [0, 0.1) is 0 Å². The van der Waals surface area contributed by atoms with E-state index >= 15 is 0 Å². The zero-order valence-electron chi connectivity index (χ0n) is 14.7. The molecular weight excluding hydrogens is 380 g/mol. The van der Waals surface area contributed by atoms with Gasteiger partial charge in [0.1, 0.15) is 5.01 Å². The van der Waals surface area contributed by atoms with Crippen molar-refractivity contribution >= 4 is 34.0 Å². The summed E-state index contributed by atoms with van der Waals surface area (Å²) in [5.74, 6) is -0.148. The SMILES string of the molecule is O=C(Nc1nnc(CCc2ccccc2Cl)s1)c1ccc2c(c1)CCNC2. The van der Waals surface area contributed by atoms with Crippen molar-refractivity contribution in [1.82, 2.24) is 15.5 Å². The zero-order chi connectivity index (χ0) is 18.6. The first kappa shape index (κ1) is 18.1. The largest absolute Gasteiger partial charge is 0.312 e. The Bertz CT molecular complexity index is 972. The normalized spacial score (nSPS) is 13.2. The summed E-state index contributed by atoms with van der Waals surface area (Å²) in [5.41, 5.74) is 4.24. The van der Waals surface area contributed by atoms with Crippen molar-refractivity contribution in [2.45, 2.75) is 25.8 Å². The van der Waals surface area contributed by atoms with E-state index in [1.54, 1.807) is 0 Å². The van der Waals surface area contributed by atoms with E-state index in [1.165, 1.54) is 22.5 Å². The van der Waals surface area contributed by atoms with Crippen LogP contribution < -0.4 is 10.6 Å². The van der Waals surface area contributed by atoms with Crippen molar-refractivity contribution in [3.05, 3.63) is 74.7 Å². The molecule has 1 aromatic heterocycles. The van der Waals surface area contributed by atoms with E-state index in [0.717, 1.165) is 47.9 Å². The van der Waals surface area contributed by atoms with E-state index < -0.39 is 0 Å². The average molecular weight is 399 g/mol. The number of carbonyl (C=O) groups excluding carboxylic acids is 1. The highest BCUT2D eigenvalue weighted by Gasteiger charge is 2.14. The first-order chi connectivity index (χ1) is 13.2. The molecule has 0 saturated heterocycles. The number of hydrogen-bond acceptors (Lipinski definition) is 5. The molecule has 2 heterocycles. The Morgan fingerprint density at radius 2 is 2.04 bits per heavy atom. The number of fused-ring (bicyclic) bond motifs is 1. The predicted molar refractivity (Wildman–Crippen MR) is 109 cm³/mol. The Morgan fingerprint density at radius 3 is 2.93 bits per heavy atom. The number of benzene rings is 2. The molecule has 3 aromatic rings. The minimum absolute atomic E-state index is 0.148. The van der Waals surface area contributed by atoms with E-state index in [1.807, 2.05) is 42.5 Å². The first-order valence-corrected chi connectivity index (χ1v) is 10.1.